The van der Waals surface area contributed by atoms with E-state index < -0.39 is 0 Å². The van der Waals surface area contributed by atoms with Crippen molar-refractivity contribution < 1.29 is 4.39 Å². The summed E-state index contributed by atoms with van der Waals surface area (Å²) in [5, 5.41) is 0. The quantitative estimate of drug-likeness (QED) is 0.793. The fraction of sp³-hybridized carbons (Fsp3) is 0.182. The van der Waals surface area contributed by atoms with Crippen LogP contribution in [-0.4, -0.2) is 4.98 Å². The summed E-state index contributed by atoms with van der Waals surface area (Å²) < 4.78 is 12.9. The molecule has 0 unspecified atom stereocenters. The number of nitrogens with zero attached hydrogens (tertiary/aromatic N) is 1. The van der Waals surface area contributed by atoms with E-state index in [9.17, 15) is 4.39 Å². The first-order chi connectivity index (χ1) is 7.16. The van der Waals surface area contributed by atoms with Gasteiger partial charge in [0.05, 0.1) is 16.9 Å². The number of aryl methyl sites for hydroxylation is 1. The van der Waals surface area contributed by atoms with Crippen LogP contribution in [0.5, 0.6) is 0 Å². The summed E-state index contributed by atoms with van der Waals surface area (Å²) in [6.45, 7) is 1.97. The lowest BCUT2D eigenvalue weighted by molar-refractivity contribution is 0.632. The fourth-order valence-corrected chi connectivity index (χ4v) is 2.20. The summed E-state index contributed by atoms with van der Waals surface area (Å²) in [5.41, 5.74) is 9.57. The number of benzene rings is 1. The Balaban J connectivity index is 2.25. The minimum absolute atomic E-state index is 0.203. The van der Waals surface area contributed by atoms with Gasteiger partial charge in [-0.15, -0.1) is 11.3 Å². The molecule has 0 saturated carbocycles. The Morgan fingerprint density at radius 1 is 1.47 bits per heavy atom. The van der Waals surface area contributed by atoms with Crippen LogP contribution in [0.4, 0.5) is 10.1 Å². The predicted molar refractivity (Wildman–Crippen MR) is 60.5 cm³/mol. The average Bonchev–Trinajstić information content (AvgIpc) is 2.59. The minimum Gasteiger partial charge on any atom is -0.396 e. The van der Waals surface area contributed by atoms with Crippen molar-refractivity contribution in [2.45, 2.75) is 13.3 Å². The molecule has 1 aromatic carbocycles. The van der Waals surface area contributed by atoms with Gasteiger partial charge in [-0.3, -0.25) is 0 Å². The van der Waals surface area contributed by atoms with Crippen molar-refractivity contribution >= 4 is 17.0 Å². The number of thiazole rings is 1. The fourth-order valence-electron chi connectivity index (χ4n) is 1.38. The molecule has 0 aliphatic carbocycles. The van der Waals surface area contributed by atoms with Crippen LogP contribution in [0.25, 0.3) is 0 Å². The Hall–Kier alpha value is -1.42. The van der Waals surface area contributed by atoms with E-state index in [-0.39, 0.29) is 11.5 Å². The molecule has 15 heavy (non-hydrogen) atoms. The van der Waals surface area contributed by atoms with Crippen LogP contribution in [0.15, 0.2) is 23.7 Å². The molecule has 2 aromatic rings. The van der Waals surface area contributed by atoms with Crippen molar-refractivity contribution in [1.29, 1.82) is 0 Å². The van der Waals surface area contributed by atoms with Crippen molar-refractivity contribution in [2.24, 2.45) is 0 Å². The summed E-state index contributed by atoms with van der Waals surface area (Å²) in [4.78, 5) is 5.36. The predicted octanol–water partition coefficient (Wildman–Crippen LogP) is 2.76. The summed E-state index contributed by atoms with van der Waals surface area (Å²) >= 11 is 1.61. The van der Waals surface area contributed by atoms with Gasteiger partial charge >= 0.3 is 0 Å². The molecule has 0 amide bonds. The van der Waals surface area contributed by atoms with Crippen molar-refractivity contribution in [3.8, 4) is 0 Å². The summed E-state index contributed by atoms with van der Waals surface area (Å²) in [6.07, 6.45) is 0.765. The van der Waals surface area contributed by atoms with Crippen LogP contribution < -0.4 is 5.73 Å². The first-order valence-corrected chi connectivity index (χ1v) is 5.47. The van der Waals surface area contributed by atoms with Gasteiger partial charge in [-0.25, -0.2) is 9.37 Å². The lowest BCUT2D eigenvalue weighted by Gasteiger charge is -2.02. The third-order valence-electron chi connectivity index (χ3n) is 2.27. The maximum Gasteiger partial charge on any atom is 0.146 e. The van der Waals surface area contributed by atoms with Gasteiger partial charge in [0, 0.05) is 11.3 Å². The van der Waals surface area contributed by atoms with Crippen LogP contribution in [0.3, 0.4) is 0 Å². The lowest BCUT2D eigenvalue weighted by atomic mass is 10.1. The Bertz CT molecular complexity index is 479. The Morgan fingerprint density at radius 3 is 2.87 bits per heavy atom. The number of anilines is 1. The third-order valence-corrected chi connectivity index (χ3v) is 3.21. The number of hydrogen-bond acceptors (Lipinski definition) is 3. The lowest BCUT2D eigenvalue weighted by Crippen LogP contribution is -1.94. The highest BCUT2D eigenvalue weighted by molar-refractivity contribution is 7.09. The Labute approximate surface area is 91.6 Å². The van der Waals surface area contributed by atoms with E-state index in [1.54, 1.807) is 23.5 Å². The molecule has 0 aliphatic rings. The average molecular weight is 222 g/mol. The topological polar surface area (TPSA) is 38.9 Å². The molecule has 2 rings (SSSR count). The number of hydrogen-bond donors (Lipinski definition) is 1. The molecule has 0 bridgehead atoms. The Morgan fingerprint density at radius 2 is 2.27 bits per heavy atom. The normalized spacial score (nSPS) is 10.5. The number of nitrogen functional groups attached to an aromatic ring is 1. The first kappa shape index (κ1) is 10.1. The zero-order valence-electron chi connectivity index (χ0n) is 8.33. The van der Waals surface area contributed by atoms with Crippen LogP contribution in [0.1, 0.15) is 16.1 Å². The molecule has 1 aromatic heterocycles. The second kappa shape index (κ2) is 3.98. The maximum atomic E-state index is 12.9. The highest BCUT2D eigenvalue weighted by Crippen LogP contribution is 2.20. The zero-order valence-corrected chi connectivity index (χ0v) is 9.14. The summed E-state index contributed by atoms with van der Waals surface area (Å²) in [7, 11) is 0. The van der Waals surface area contributed by atoms with Crippen molar-refractivity contribution in [3.05, 3.63) is 45.7 Å². The van der Waals surface area contributed by atoms with Gasteiger partial charge in [0.15, 0.2) is 0 Å². The van der Waals surface area contributed by atoms with E-state index in [1.807, 2.05) is 12.4 Å². The molecule has 1 heterocycles. The first-order valence-electron chi connectivity index (χ1n) is 4.59. The van der Waals surface area contributed by atoms with E-state index in [1.165, 1.54) is 10.9 Å². The van der Waals surface area contributed by atoms with E-state index in [0.717, 1.165) is 17.7 Å². The zero-order chi connectivity index (χ0) is 10.8. The number of nitrogens with two attached hydrogens (primary N) is 1. The van der Waals surface area contributed by atoms with E-state index in [4.69, 9.17) is 5.73 Å². The number of rotatable bonds is 2. The molecule has 2 nitrogen and oxygen atoms in total. The van der Waals surface area contributed by atoms with Gasteiger partial charge in [0.25, 0.3) is 0 Å². The van der Waals surface area contributed by atoms with Crippen LogP contribution in [-0.2, 0) is 6.42 Å². The third kappa shape index (κ3) is 2.15. The molecular weight excluding hydrogens is 211 g/mol. The largest absolute Gasteiger partial charge is 0.396 e. The van der Waals surface area contributed by atoms with Crippen molar-refractivity contribution in [2.75, 3.05) is 5.73 Å². The molecule has 0 atom stereocenters. The van der Waals surface area contributed by atoms with E-state index in [0.29, 0.717) is 0 Å². The molecule has 2 N–H and O–H groups in total. The molecule has 4 heteroatoms. The van der Waals surface area contributed by atoms with Crippen molar-refractivity contribution in [3.63, 3.8) is 0 Å². The molecule has 0 spiro atoms. The standard InChI is InChI=1S/C11H11FN2S/c1-7-11(15-6-14-7)5-8-2-3-9(12)10(13)4-8/h2-4,6H,5,13H2,1H3. The molecule has 78 valence electrons. The highest BCUT2D eigenvalue weighted by atomic mass is 32.1. The Kier molecular flexibility index (Phi) is 2.68. The number of aromatic nitrogens is 1. The molecule has 0 fully saturated rings. The van der Waals surface area contributed by atoms with Crippen LogP contribution in [0, 0.1) is 12.7 Å². The minimum atomic E-state index is -0.361. The van der Waals surface area contributed by atoms with Crippen LogP contribution >= 0.6 is 11.3 Å². The molecule has 0 aliphatic heterocycles. The van der Waals surface area contributed by atoms with E-state index >= 15 is 0 Å². The summed E-state index contributed by atoms with van der Waals surface area (Å²) in [6, 6.07) is 4.83. The van der Waals surface area contributed by atoms with E-state index in [2.05, 4.69) is 4.98 Å². The second-order valence-electron chi connectivity index (χ2n) is 3.39. The van der Waals surface area contributed by atoms with Gasteiger partial charge in [0.1, 0.15) is 5.82 Å². The SMILES string of the molecule is Cc1ncsc1Cc1ccc(F)c(N)c1. The van der Waals surface area contributed by atoms with Gasteiger partial charge < -0.3 is 5.73 Å². The van der Waals surface area contributed by atoms with Crippen molar-refractivity contribution in [1.82, 2.24) is 4.98 Å². The summed E-state index contributed by atoms with van der Waals surface area (Å²) in [5.74, 6) is -0.361. The van der Waals surface area contributed by atoms with Gasteiger partial charge in [0.2, 0.25) is 0 Å². The number of halogens is 1. The van der Waals surface area contributed by atoms with Gasteiger partial charge in [-0.1, -0.05) is 6.07 Å². The highest BCUT2D eigenvalue weighted by Gasteiger charge is 2.04. The maximum absolute atomic E-state index is 12.9. The van der Waals surface area contributed by atoms with Gasteiger partial charge in [-0.05, 0) is 24.6 Å². The molecule has 0 radical (unpaired) electrons. The molecule has 0 saturated heterocycles. The monoisotopic (exact) mass is 222 g/mol. The van der Waals surface area contributed by atoms with Crippen LogP contribution in [0.2, 0.25) is 0 Å². The second-order valence-corrected chi connectivity index (χ2v) is 4.33. The van der Waals surface area contributed by atoms with Gasteiger partial charge in [-0.2, -0.15) is 0 Å². The molecular formula is C11H11FN2S. The smallest absolute Gasteiger partial charge is 0.146 e.